The van der Waals surface area contributed by atoms with Gasteiger partial charge in [0.2, 0.25) is 0 Å². The second-order valence-electron chi connectivity index (χ2n) is 7.87. The largest absolute Gasteiger partial charge is 0.309 e. The Bertz CT molecular complexity index is 1510. The molecule has 0 spiro atoms. The average molecular weight is 396 g/mol. The van der Waals surface area contributed by atoms with Gasteiger partial charge in [0, 0.05) is 16.5 Å². The van der Waals surface area contributed by atoms with E-state index in [1.165, 1.54) is 49.7 Å². The predicted molar refractivity (Wildman–Crippen MR) is 132 cm³/mol. The SMILES string of the molecule is c1ccc(-c2cccc(-c3ccc4c5ccccc5n(-c5ccccc5)c4c3)c2)cc1. The van der Waals surface area contributed by atoms with E-state index in [2.05, 4.69) is 132 Å². The van der Waals surface area contributed by atoms with Gasteiger partial charge in [-0.2, -0.15) is 0 Å². The van der Waals surface area contributed by atoms with Crippen molar-refractivity contribution in [1.82, 2.24) is 4.57 Å². The highest BCUT2D eigenvalue weighted by Crippen LogP contribution is 2.35. The molecule has 0 aliphatic heterocycles. The van der Waals surface area contributed by atoms with Gasteiger partial charge in [0.15, 0.2) is 0 Å². The number of rotatable bonds is 3. The summed E-state index contributed by atoms with van der Waals surface area (Å²) in [7, 11) is 0. The van der Waals surface area contributed by atoms with Crippen molar-refractivity contribution in [2.45, 2.75) is 0 Å². The third kappa shape index (κ3) is 3.03. The summed E-state index contributed by atoms with van der Waals surface area (Å²) in [5, 5.41) is 2.56. The van der Waals surface area contributed by atoms with E-state index in [0.717, 1.165) is 0 Å². The molecule has 1 aromatic heterocycles. The Kier molecular flexibility index (Phi) is 4.18. The first kappa shape index (κ1) is 17.7. The fourth-order valence-electron chi connectivity index (χ4n) is 4.51. The third-order valence-electron chi connectivity index (χ3n) is 5.99. The van der Waals surface area contributed by atoms with Gasteiger partial charge in [0.25, 0.3) is 0 Å². The second-order valence-corrected chi connectivity index (χ2v) is 7.87. The van der Waals surface area contributed by atoms with Crippen molar-refractivity contribution in [1.29, 1.82) is 0 Å². The minimum absolute atomic E-state index is 1.18. The van der Waals surface area contributed by atoms with E-state index in [0.29, 0.717) is 0 Å². The van der Waals surface area contributed by atoms with Crippen molar-refractivity contribution in [3.05, 3.63) is 127 Å². The standard InChI is InChI=1S/C30H21N/c1-3-10-22(11-4-1)23-12-9-13-24(20-23)25-18-19-28-27-16-7-8-17-29(27)31(30(28)21-25)26-14-5-2-6-15-26/h1-21H. The van der Waals surface area contributed by atoms with Crippen LogP contribution in [0.15, 0.2) is 127 Å². The van der Waals surface area contributed by atoms with Crippen LogP contribution in [0.1, 0.15) is 0 Å². The van der Waals surface area contributed by atoms with Crippen LogP contribution in [0.2, 0.25) is 0 Å². The van der Waals surface area contributed by atoms with Crippen LogP contribution in [-0.2, 0) is 0 Å². The molecule has 0 unspecified atom stereocenters. The summed E-state index contributed by atoms with van der Waals surface area (Å²) in [5.41, 5.74) is 8.59. The van der Waals surface area contributed by atoms with Crippen molar-refractivity contribution < 1.29 is 0 Å². The topological polar surface area (TPSA) is 4.93 Å². The summed E-state index contributed by atoms with van der Waals surface area (Å²) >= 11 is 0. The third-order valence-corrected chi connectivity index (χ3v) is 5.99. The van der Waals surface area contributed by atoms with Crippen molar-refractivity contribution in [3.8, 4) is 27.9 Å². The number of hydrogen-bond acceptors (Lipinski definition) is 0. The highest BCUT2D eigenvalue weighted by Gasteiger charge is 2.13. The van der Waals surface area contributed by atoms with Crippen LogP contribution in [0, 0.1) is 0 Å². The molecule has 1 heterocycles. The van der Waals surface area contributed by atoms with Gasteiger partial charge in [-0.25, -0.2) is 0 Å². The Morgan fingerprint density at radius 3 is 1.74 bits per heavy atom. The van der Waals surface area contributed by atoms with E-state index in [4.69, 9.17) is 0 Å². The Morgan fingerprint density at radius 1 is 0.355 bits per heavy atom. The number of hydrogen-bond donors (Lipinski definition) is 0. The lowest BCUT2D eigenvalue weighted by Gasteiger charge is -2.10. The number of para-hydroxylation sites is 2. The Morgan fingerprint density at radius 2 is 0.935 bits per heavy atom. The van der Waals surface area contributed by atoms with Gasteiger partial charge in [0.1, 0.15) is 0 Å². The normalized spacial score (nSPS) is 11.2. The monoisotopic (exact) mass is 395 g/mol. The molecule has 0 N–H and O–H groups in total. The van der Waals surface area contributed by atoms with Crippen LogP contribution in [0.25, 0.3) is 49.7 Å². The first-order chi connectivity index (χ1) is 15.4. The maximum Gasteiger partial charge on any atom is 0.0547 e. The summed E-state index contributed by atoms with van der Waals surface area (Å²) < 4.78 is 2.37. The van der Waals surface area contributed by atoms with Gasteiger partial charge in [-0.05, 0) is 52.6 Å². The van der Waals surface area contributed by atoms with Gasteiger partial charge in [0.05, 0.1) is 11.0 Å². The molecular weight excluding hydrogens is 374 g/mol. The van der Waals surface area contributed by atoms with Crippen molar-refractivity contribution in [2.75, 3.05) is 0 Å². The van der Waals surface area contributed by atoms with E-state index in [1.807, 2.05) is 0 Å². The van der Waals surface area contributed by atoms with E-state index in [-0.39, 0.29) is 0 Å². The molecular formula is C30H21N. The van der Waals surface area contributed by atoms with E-state index in [1.54, 1.807) is 0 Å². The Balaban J connectivity index is 1.58. The molecule has 31 heavy (non-hydrogen) atoms. The second kappa shape index (κ2) is 7.30. The maximum atomic E-state index is 2.37. The van der Waals surface area contributed by atoms with Crippen LogP contribution >= 0.6 is 0 Å². The molecule has 0 saturated carbocycles. The van der Waals surface area contributed by atoms with Crippen molar-refractivity contribution in [3.63, 3.8) is 0 Å². The molecule has 0 saturated heterocycles. The lowest BCUT2D eigenvalue weighted by Crippen LogP contribution is -1.93. The first-order valence-electron chi connectivity index (χ1n) is 10.6. The molecule has 6 rings (SSSR count). The molecule has 0 aliphatic rings. The fourth-order valence-corrected chi connectivity index (χ4v) is 4.51. The zero-order valence-electron chi connectivity index (χ0n) is 17.1. The molecule has 5 aromatic carbocycles. The highest BCUT2D eigenvalue weighted by molar-refractivity contribution is 6.10. The minimum atomic E-state index is 1.18. The summed E-state index contributed by atoms with van der Waals surface area (Å²) in [6.45, 7) is 0. The van der Waals surface area contributed by atoms with Gasteiger partial charge in [-0.15, -0.1) is 0 Å². The van der Waals surface area contributed by atoms with Crippen LogP contribution in [0.3, 0.4) is 0 Å². The summed E-state index contributed by atoms with van der Waals surface area (Å²) in [6.07, 6.45) is 0. The van der Waals surface area contributed by atoms with Gasteiger partial charge in [-0.1, -0.05) is 97.1 Å². The smallest absolute Gasteiger partial charge is 0.0547 e. The number of fused-ring (bicyclic) bond motifs is 3. The molecule has 0 radical (unpaired) electrons. The molecule has 0 atom stereocenters. The number of nitrogens with zero attached hydrogens (tertiary/aromatic N) is 1. The summed E-state index contributed by atoms with van der Waals surface area (Å²) in [5.74, 6) is 0. The van der Waals surface area contributed by atoms with Crippen LogP contribution in [0.4, 0.5) is 0 Å². The average Bonchev–Trinajstić information content (AvgIpc) is 3.19. The zero-order valence-corrected chi connectivity index (χ0v) is 17.1. The molecule has 0 bridgehead atoms. The number of benzene rings is 5. The summed E-state index contributed by atoms with van der Waals surface area (Å²) in [6, 6.07) is 45.5. The predicted octanol–water partition coefficient (Wildman–Crippen LogP) is 8.12. The lowest BCUT2D eigenvalue weighted by molar-refractivity contribution is 1.18. The molecule has 0 amide bonds. The van der Waals surface area contributed by atoms with Crippen LogP contribution < -0.4 is 0 Å². The van der Waals surface area contributed by atoms with E-state index < -0.39 is 0 Å². The Hall–Kier alpha value is -4.10. The lowest BCUT2D eigenvalue weighted by atomic mass is 9.98. The molecule has 6 aromatic rings. The molecule has 1 heteroatoms. The number of aromatic nitrogens is 1. The van der Waals surface area contributed by atoms with Gasteiger partial charge in [-0.3, -0.25) is 0 Å². The van der Waals surface area contributed by atoms with Crippen molar-refractivity contribution in [2.24, 2.45) is 0 Å². The Labute approximate surface area is 181 Å². The van der Waals surface area contributed by atoms with E-state index in [9.17, 15) is 0 Å². The minimum Gasteiger partial charge on any atom is -0.309 e. The quantitative estimate of drug-likeness (QED) is 0.285. The summed E-state index contributed by atoms with van der Waals surface area (Å²) in [4.78, 5) is 0. The zero-order chi connectivity index (χ0) is 20.6. The van der Waals surface area contributed by atoms with Crippen molar-refractivity contribution >= 4 is 21.8 Å². The van der Waals surface area contributed by atoms with Gasteiger partial charge < -0.3 is 4.57 Å². The molecule has 1 nitrogen and oxygen atoms in total. The molecule has 146 valence electrons. The highest BCUT2D eigenvalue weighted by atomic mass is 15.0. The fraction of sp³-hybridized carbons (Fsp3) is 0. The molecule has 0 fully saturated rings. The maximum absolute atomic E-state index is 2.37. The van der Waals surface area contributed by atoms with Crippen LogP contribution in [0.5, 0.6) is 0 Å². The van der Waals surface area contributed by atoms with Crippen LogP contribution in [-0.4, -0.2) is 4.57 Å². The van der Waals surface area contributed by atoms with Gasteiger partial charge >= 0.3 is 0 Å². The first-order valence-corrected chi connectivity index (χ1v) is 10.6. The van der Waals surface area contributed by atoms with E-state index >= 15 is 0 Å². The molecule has 0 aliphatic carbocycles.